The standard InChI is InChI=1S/C16H13F4NO2/c1-23-13-5-2-9(8-12(13)18)6-7-21-16(22)10-3-4-11(17)15(20)14(10)19/h2-5,8H,6-7H2,1H3,(H,21,22). The molecular weight excluding hydrogens is 314 g/mol. The molecule has 1 N–H and O–H groups in total. The molecular formula is C16H13F4NO2. The quantitative estimate of drug-likeness (QED) is 0.676. The minimum atomic E-state index is -1.70. The van der Waals surface area contributed by atoms with Gasteiger partial charge in [-0.15, -0.1) is 0 Å². The van der Waals surface area contributed by atoms with Gasteiger partial charge in [0.25, 0.3) is 5.91 Å². The van der Waals surface area contributed by atoms with E-state index in [1.165, 1.54) is 19.2 Å². The molecule has 0 unspecified atom stereocenters. The van der Waals surface area contributed by atoms with E-state index in [4.69, 9.17) is 4.74 Å². The third-order valence-electron chi connectivity index (χ3n) is 3.20. The Hall–Kier alpha value is -2.57. The number of methoxy groups -OCH3 is 1. The third-order valence-corrected chi connectivity index (χ3v) is 3.20. The van der Waals surface area contributed by atoms with Crippen molar-refractivity contribution in [1.82, 2.24) is 5.32 Å². The number of amides is 1. The monoisotopic (exact) mass is 327 g/mol. The van der Waals surface area contributed by atoms with Gasteiger partial charge in [0.15, 0.2) is 29.0 Å². The Labute approximate surface area is 129 Å². The number of nitrogens with one attached hydrogen (secondary N) is 1. The SMILES string of the molecule is COc1ccc(CCNC(=O)c2ccc(F)c(F)c2F)cc1F. The Morgan fingerprint density at radius 3 is 2.43 bits per heavy atom. The van der Waals surface area contributed by atoms with Crippen LogP contribution in [-0.4, -0.2) is 19.6 Å². The number of hydrogen-bond acceptors (Lipinski definition) is 2. The summed E-state index contributed by atoms with van der Waals surface area (Å²) in [5.41, 5.74) is -0.000768. The average molecular weight is 327 g/mol. The first-order valence-corrected chi connectivity index (χ1v) is 6.68. The van der Waals surface area contributed by atoms with E-state index in [0.29, 0.717) is 11.6 Å². The van der Waals surface area contributed by atoms with Crippen molar-refractivity contribution in [2.45, 2.75) is 6.42 Å². The zero-order valence-electron chi connectivity index (χ0n) is 12.1. The first kappa shape index (κ1) is 16.8. The molecule has 3 nitrogen and oxygen atoms in total. The lowest BCUT2D eigenvalue weighted by Gasteiger charge is -2.08. The molecule has 1 amide bonds. The maximum absolute atomic E-state index is 13.5. The summed E-state index contributed by atoms with van der Waals surface area (Å²) in [6.07, 6.45) is 0.276. The van der Waals surface area contributed by atoms with E-state index in [9.17, 15) is 22.4 Å². The molecule has 0 saturated heterocycles. The van der Waals surface area contributed by atoms with Crippen LogP contribution in [0.25, 0.3) is 0 Å². The normalized spacial score (nSPS) is 10.5. The fourth-order valence-electron chi connectivity index (χ4n) is 1.98. The third kappa shape index (κ3) is 3.80. The van der Waals surface area contributed by atoms with E-state index in [1.807, 2.05) is 0 Å². The summed E-state index contributed by atoms with van der Waals surface area (Å²) in [5, 5.41) is 2.36. The van der Waals surface area contributed by atoms with Gasteiger partial charge in [-0.25, -0.2) is 17.6 Å². The van der Waals surface area contributed by atoms with Crippen molar-refractivity contribution < 1.29 is 27.1 Å². The van der Waals surface area contributed by atoms with Gasteiger partial charge >= 0.3 is 0 Å². The molecule has 0 fully saturated rings. The number of hydrogen-bond donors (Lipinski definition) is 1. The van der Waals surface area contributed by atoms with Crippen LogP contribution in [0.2, 0.25) is 0 Å². The number of halogens is 4. The molecule has 0 aliphatic heterocycles. The highest BCUT2D eigenvalue weighted by molar-refractivity contribution is 5.94. The first-order chi connectivity index (χ1) is 10.9. The predicted molar refractivity (Wildman–Crippen MR) is 75.3 cm³/mol. The topological polar surface area (TPSA) is 38.3 Å². The Morgan fingerprint density at radius 1 is 1.04 bits per heavy atom. The summed E-state index contributed by atoms with van der Waals surface area (Å²) in [7, 11) is 1.34. The van der Waals surface area contributed by atoms with E-state index in [0.717, 1.165) is 6.07 Å². The molecule has 7 heteroatoms. The van der Waals surface area contributed by atoms with Crippen molar-refractivity contribution >= 4 is 5.91 Å². The van der Waals surface area contributed by atoms with Crippen LogP contribution < -0.4 is 10.1 Å². The largest absolute Gasteiger partial charge is 0.494 e. The second kappa shape index (κ2) is 7.13. The molecule has 23 heavy (non-hydrogen) atoms. The van der Waals surface area contributed by atoms with Crippen molar-refractivity contribution in [2.24, 2.45) is 0 Å². The first-order valence-electron chi connectivity index (χ1n) is 6.68. The lowest BCUT2D eigenvalue weighted by molar-refractivity contribution is 0.0949. The molecule has 0 atom stereocenters. The maximum Gasteiger partial charge on any atom is 0.254 e. The number of benzene rings is 2. The molecule has 0 aromatic heterocycles. The van der Waals surface area contributed by atoms with Gasteiger partial charge in [0, 0.05) is 6.54 Å². The summed E-state index contributed by atoms with van der Waals surface area (Å²) < 4.78 is 57.6. The van der Waals surface area contributed by atoms with Gasteiger partial charge in [0.05, 0.1) is 12.7 Å². The molecule has 0 radical (unpaired) electrons. The lowest BCUT2D eigenvalue weighted by Crippen LogP contribution is -2.27. The van der Waals surface area contributed by atoms with E-state index >= 15 is 0 Å². The average Bonchev–Trinajstić information content (AvgIpc) is 2.53. The van der Waals surface area contributed by atoms with Crippen LogP contribution in [0.15, 0.2) is 30.3 Å². The summed E-state index contributed by atoms with van der Waals surface area (Å²) in [4.78, 5) is 11.8. The summed E-state index contributed by atoms with van der Waals surface area (Å²) >= 11 is 0. The van der Waals surface area contributed by atoms with E-state index < -0.39 is 34.7 Å². The van der Waals surface area contributed by atoms with Crippen molar-refractivity contribution in [3.63, 3.8) is 0 Å². The van der Waals surface area contributed by atoms with Gasteiger partial charge in [-0.2, -0.15) is 0 Å². The zero-order valence-corrected chi connectivity index (χ0v) is 12.1. The number of carbonyl (C=O) groups excluding carboxylic acids is 1. The van der Waals surface area contributed by atoms with Crippen LogP contribution in [0.1, 0.15) is 15.9 Å². The Bertz CT molecular complexity index is 734. The molecule has 2 rings (SSSR count). The maximum atomic E-state index is 13.5. The van der Waals surface area contributed by atoms with Crippen LogP contribution in [-0.2, 0) is 6.42 Å². The number of ether oxygens (including phenoxy) is 1. The minimum Gasteiger partial charge on any atom is -0.494 e. The van der Waals surface area contributed by atoms with Gasteiger partial charge in [-0.1, -0.05) is 6.07 Å². The molecule has 2 aromatic rings. The van der Waals surface area contributed by atoms with Gasteiger partial charge in [0.1, 0.15) is 0 Å². The number of carbonyl (C=O) groups is 1. The Balaban J connectivity index is 1.98. The smallest absolute Gasteiger partial charge is 0.254 e. The van der Waals surface area contributed by atoms with Gasteiger partial charge in [0.2, 0.25) is 0 Å². The van der Waals surface area contributed by atoms with Crippen LogP contribution in [0, 0.1) is 23.3 Å². The fraction of sp³-hybridized carbons (Fsp3) is 0.188. The van der Waals surface area contributed by atoms with Gasteiger partial charge in [-0.05, 0) is 36.2 Å². The van der Waals surface area contributed by atoms with E-state index in [-0.39, 0.29) is 18.7 Å². The molecule has 0 aliphatic carbocycles. The predicted octanol–water partition coefficient (Wildman–Crippen LogP) is 3.22. The van der Waals surface area contributed by atoms with Gasteiger partial charge < -0.3 is 10.1 Å². The van der Waals surface area contributed by atoms with E-state index in [1.54, 1.807) is 6.07 Å². The Morgan fingerprint density at radius 2 is 1.78 bits per heavy atom. The van der Waals surface area contributed by atoms with E-state index in [2.05, 4.69) is 5.32 Å². The fourth-order valence-corrected chi connectivity index (χ4v) is 1.98. The molecule has 0 bridgehead atoms. The second-order valence-electron chi connectivity index (χ2n) is 4.70. The highest BCUT2D eigenvalue weighted by Crippen LogP contribution is 2.18. The summed E-state index contributed by atoms with van der Waals surface area (Å²) in [6.45, 7) is 0.0725. The molecule has 0 spiro atoms. The van der Waals surface area contributed by atoms with Crippen molar-refractivity contribution in [2.75, 3.05) is 13.7 Å². The highest BCUT2D eigenvalue weighted by Gasteiger charge is 2.18. The molecule has 122 valence electrons. The van der Waals surface area contributed by atoms with Crippen LogP contribution in [0.4, 0.5) is 17.6 Å². The van der Waals surface area contributed by atoms with Gasteiger partial charge in [-0.3, -0.25) is 4.79 Å². The summed E-state index contributed by atoms with van der Waals surface area (Å²) in [6, 6.07) is 5.85. The van der Waals surface area contributed by atoms with Crippen molar-refractivity contribution in [1.29, 1.82) is 0 Å². The van der Waals surface area contributed by atoms with Crippen molar-refractivity contribution in [3.8, 4) is 5.75 Å². The minimum absolute atomic E-state index is 0.0725. The molecule has 0 heterocycles. The molecule has 0 aliphatic rings. The second-order valence-corrected chi connectivity index (χ2v) is 4.70. The number of rotatable bonds is 5. The highest BCUT2D eigenvalue weighted by atomic mass is 19.2. The zero-order chi connectivity index (χ0) is 17.0. The Kier molecular flexibility index (Phi) is 5.20. The lowest BCUT2D eigenvalue weighted by atomic mass is 10.1. The van der Waals surface area contributed by atoms with Crippen LogP contribution >= 0.6 is 0 Å². The van der Waals surface area contributed by atoms with Crippen LogP contribution in [0.3, 0.4) is 0 Å². The van der Waals surface area contributed by atoms with Crippen molar-refractivity contribution in [3.05, 3.63) is 64.7 Å². The van der Waals surface area contributed by atoms with Crippen LogP contribution in [0.5, 0.6) is 5.75 Å². The molecule has 0 saturated carbocycles. The summed E-state index contributed by atoms with van der Waals surface area (Å²) in [5.74, 6) is -5.93. The molecule has 2 aromatic carbocycles.